The molecule has 17 nitrogen and oxygen atoms in total. The van der Waals surface area contributed by atoms with Crippen molar-refractivity contribution in [1.82, 2.24) is 35.6 Å². The maximum atomic E-state index is 15.1. The Morgan fingerprint density at radius 3 is 2.11 bits per heavy atom. The first kappa shape index (κ1) is 51.9. The number of hydrogen-bond donors (Lipinski definition) is 6. The second-order valence-corrected chi connectivity index (χ2v) is 17.3. The van der Waals surface area contributed by atoms with Crippen molar-refractivity contribution in [3.8, 4) is 11.1 Å². The number of halogens is 2. The zero-order valence-corrected chi connectivity index (χ0v) is 37.9. The van der Waals surface area contributed by atoms with Crippen LogP contribution >= 0.6 is 0 Å². The second-order valence-electron chi connectivity index (χ2n) is 17.3. The largest absolute Gasteiger partial charge is 0.387 e. The first-order chi connectivity index (χ1) is 31.2. The monoisotopic (exact) mass is 918 g/mol. The Balaban J connectivity index is 1.37. The second kappa shape index (κ2) is 24.0. The number of nitrogens with two attached hydrogens (primary N) is 1. The molecule has 0 radical (unpaired) electrons. The molecule has 4 unspecified atom stereocenters. The lowest BCUT2D eigenvalue weighted by molar-refractivity contribution is -0.140. The number of primary amides is 1. The van der Waals surface area contributed by atoms with Gasteiger partial charge in [0.1, 0.15) is 36.4 Å². The molecule has 0 bridgehead atoms. The summed E-state index contributed by atoms with van der Waals surface area (Å²) in [4.78, 5) is 103. The SMILES string of the molecule is CC(NC(=O)CCCCCN1C(=O)C=CC1=O)C(=O)NC(C)C(=O)NC(CC(N)=O)C(=O)NCCCN(C(=O)CO)C(c1cc(-c2cc(F)ccc2F)cn1Cc1ccccc1)C(C)(C)C. The Morgan fingerprint density at radius 1 is 0.818 bits per heavy atom. The fourth-order valence-electron chi connectivity index (χ4n) is 7.56. The molecule has 4 rings (SSSR count). The normalized spacial score (nSPS) is 14.3. The average molecular weight is 919 g/mol. The number of aliphatic hydroxyl groups excluding tert-OH is 1. The van der Waals surface area contributed by atoms with Crippen LogP contribution in [0.4, 0.5) is 8.78 Å². The Morgan fingerprint density at radius 2 is 1.47 bits per heavy atom. The number of aliphatic hydroxyl groups is 1. The average Bonchev–Trinajstić information content (AvgIpc) is 3.81. The molecule has 4 atom stereocenters. The number of rotatable bonds is 24. The summed E-state index contributed by atoms with van der Waals surface area (Å²) < 4.78 is 31.4. The van der Waals surface area contributed by atoms with Crippen LogP contribution in [0.2, 0.25) is 0 Å². The predicted octanol–water partition coefficient (Wildman–Crippen LogP) is 2.75. The summed E-state index contributed by atoms with van der Waals surface area (Å²) in [5.74, 6) is -6.27. The van der Waals surface area contributed by atoms with E-state index >= 15 is 4.39 Å². The number of benzene rings is 2. The minimum atomic E-state index is -1.44. The van der Waals surface area contributed by atoms with E-state index in [1.54, 1.807) is 12.3 Å². The number of carbonyl (C=O) groups is 8. The molecule has 0 aliphatic carbocycles. The van der Waals surface area contributed by atoms with Gasteiger partial charge in [-0.05, 0) is 68.4 Å². The van der Waals surface area contributed by atoms with Crippen LogP contribution < -0.4 is 27.0 Å². The number of aromatic nitrogens is 1. The van der Waals surface area contributed by atoms with Crippen molar-refractivity contribution in [2.45, 2.75) is 104 Å². The molecule has 1 aromatic heterocycles. The summed E-state index contributed by atoms with van der Waals surface area (Å²) in [6.45, 7) is 8.11. The fraction of sp³-hybridized carbons (Fsp3) is 0.447. The molecule has 356 valence electrons. The summed E-state index contributed by atoms with van der Waals surface area (Å²) in [6.07, 6.45) is 5.22. The zero-order chi connectivity index (χ0) is 48.7. The molecule has 0 fully saturated rings. The van der Waals surface area contributed by atoms with Crippen molar-refractivity contribution in [2.75, 3.05) is 26.2 Å². The molecular weight excluding hydrogens is 859 g/mol. The van der Waals surface area contributed by atoms with Gasteiger partial charge in [0.2, 0.25) is 35.4 Å². The highest BCUT2D eigenvalue weighted by Crippen LogP contribution is 2.41. The molecule has 0 saturated carbocycles. The van der Waals surface area contributed by atoms with Gasteiger partial charge in [0.05, 0.1) is 12.5 Å². The van der Waals surface area contributed by atoms with Crippen LogP contribution in [0.3, 0.4) is 0 Å². The van der Waals surface area contributed by atoms with E-state index in [-0.39, 0.29) is 49.9 Å². The van der Waals surface area contributed by atoms with E-state index in [9.17, 15) is 47.9 Å². The summed E-state index contributed by atoms with van der Waals surface area (Å²) >= 11 is 0. The van der Waals surface area contributed by atoms with Crippen LogP contribution in [0.5, 0.6) is 0 Å². The molecular formula is C47H60F2N8O9. The molecule has 2 aromatic carbocycles. The summed E-state index contributed by atoms with van der Waals surface area (Å²) in [5.41, 5.74) is 6.60. The van der Waals surface area contributed by atoms with Crippen molar-refractivity contribution in [3.63, 3.8) is 0 Å². The molecule has 2 heterocycles. The van der Waals surface area contributed by atoms with Gasteiger partial charge in [0, 0.05) is 67.8 Å². The van der Waals surface area contributed by atoms with Gasteiger partial charge in [0.15, 0.2) is 0 Å². The standard InChI is InChI=1S/C47H60F2N8O9/c1-29(52-39(60)15-10-7-11-21-56-40(61)18-19-41(56)62)44(64)53-30(2)45(65)54-36(25-38(50)59)46(66)51-20-12-22-57(42(63)28-58)43(47(3,4)5)37-23-32(34-24-33(48)16-17-35(34)49)27-55(37)26-31-13-8-6-9-14-31/h6,8-9,13-14,16-19,23-24,27,29-30,36,43,58H,7,10-12,15,20-22,25-26,28H2,1-5H3,(H2,50,59)(H,51,66)(H,52,60)(H,53,64)(H,54,65). The number of amides is 8. The molecule has 1 aliphatic rings. The highest BCUT2D eigenvalue weighted by Gasteiger charge is 2.37. The topological polar surface area (TPSA) is 242 Å². The number of carbonyl (C=O) groups excluding carboxylic acids is 8. The summed E-state index contributed by atoms with van der Waals surface area (Å²) in [7, 11) is 0. The van der Waals surface area contributed by atoms with Crippen LogP contribution in [-0.2, 0) is 44.9 Å². The van der Waals surface area contributed by atoms with Gasteiger partial charge in [-0.2, -0.15) is 0 Å². The Bertz CT molecular complexity index is 2260. The van der Waals surface area contributed by atoms with Gasteiger partial charge < -0.3 is 41.6 Å². The molecule has 1 aliphatic heterocycles. The molecule has 3 aromatic rings. The maximum Gasteiger partial charge on any atom is 0.253 e. The van der Waals surface area contributed by atoms with Crippen LogP contribution in [0, 0.1) is 17.0 Å². The third-order valence-corrected chi connectivity index (χ3v) is 10.9. The third kappa shape index (κ3) is 14.9. The van der Waals surface area contributed by atoms with Crippen molar-refractivity contribution in [3.05, 3.63) is 95.8 Å². The van der Waals surface area contributed by atoms with Gasteiger partial charge in [-0.15, -0.1) is 0 Å². The van der Waals surface area contributed by atoms with Gasteiger partial charge in [-0.25, -0.2) is 8.78 Å². The Kier molecular flexibility index (Phi) is 18.8. The van der Waals surface area contributed by atoms with Crippen molar-refractivity contribution < 1.29 is 52.2 Å². The molecule has 7 N–H and O–H groups in total. The Hall–Kier alpha value is -6.76. The van der Waals surface area contributed by atoms with E-state index < -0.39 is 89.7 Å². The summed E-state index contributed by atoms with van der Waals surface area (Å²) in [5, 5.41) is 20.3. The molecule has 0 spiro atoms. The van der Waals surface area contributed by atoms with E-state index in [0.29, 0.717) is 37.1 Å². The molecule has 0 saturated heterocycles. The van der Waals surface area contributed by atoms with Gasteiger partial charge >= 0.3 is 0 Å². The smallest absolute Gasteiger partial charge is 0.253 e. The van der Waals surface area contributed by atoms with Crippen molar-refractivity contribution in [1.29, 1.82) is 0 Å². The highest BCUT2D eigenvalue weighted by atomic mass is 19.1. The first-order valence-electron chi connectivity index (χ1n) is 21.8. The van der Waals surface area contributed by atoms with Crippen molar-refractivity contribution in [2.24, 2.45) is 11.1 Å². The molecule has 66 heavy (non-hydrogen) atoms. The van der Waals surface area contributed by atoms with Crippen LogP contribution in [0.15, 0.2) is 72.9 Å². The molecule has 8 amide bonds. The van der Waals surface area contributed by atoms with Crippen LogP contribution in [0.25, 0.3) is 11.1 Å². The van der Waals surface area contributed by atoms with E-state index in [2.05, 4.69) is 21.3 Å². The predicted molar refractivity (Wildman–Crippen MR) is 239 cm³/mol. The number of unbranched alkanes of at least 4 members (excludes halogenated alkanes) is 2. The summed E-state index contributed by atoms with van der Waals surface area (Å²) in [6, 6.07) is 9.85. The van der Waals surface area contributed by atoms with E-state index in [1.807, 2.05) is 55.7 Å². The lowest BCUT2D eigenvalue weighted by Gasteiger charge is -2.41. The minimum absolute atomic E-state index is 0.00735. The van der Waals surface area contributed by atoms with Crippen LogP contribution in [0.1, 0.15) is 90.4 Å². The number of nitrogens with one attached hydrogen (secondary N) is 4. The number of imide groups is 1. The fourth-order valence-corrected chi connectivity index (χ4v) is 7.56. The van der Waals surface area contributed by atoms with E-state index in [0.717, 1.165) is 28.7 Å². The van der Waals surface area contributed by atoms with E-state index in [4.69, 9.17) is 5.73 Å². The lowest BCUT2D eigenvalue weighted by Crippen LogP contribution is -2.56. The van der Waals surface area contributed by atoms with Gasteiger partial charge in [-0.1, -0.05) is 57.5 Å². The van der Waals surface area contributed by atoms with Gasteiger partial charge in [-0.3, -0.25) is 43.3 Å². The zero-order valence-electron chi connectivity index (χ0n) is 37.9. The third-order valence-electron chi connectivity index (χ3n) is 10.9. The quantitative estimate of drug-likeness (QED) is 0.0571. The highest BCUT2D eigenvalue weighted by molar-refractivity contribution is 6.12. The number of nitrogens with zero attached hydrogens (tertiary/aromatic N) is 3. The Labute approximate surface area is 382 Å². The number of hydrogen-bond acceptors (Lipinski definition) is 9. The van der Waals surface area contributed by atoms with Crippen LogP contribution in [-0.4, -0.2) is 111 Å². The lowest BCUT2D eigenvalue weighted by atomic mass is 9.83. The maximum absolute atomic E-state index is 15.1. The molecule has 19 heteroatoms. The van der Waals surface area contributed by atoms with Crippen molar-refractivity contribution >= 4 is 47.3 Å². The first-order valence-corrected chi connectivity index (χ1v) is 21.8. The van der Waals surface area contributed by atoms with E-state index in [1.165, 1.54) is 30.9 Å². The minimum Gasteiger partial charge on any atom is -0.387 e. The van der Waals surface area contributed by atoms with Gasteiger partial charge in [0.25, 0.3) is 11.8 Å².